The summed E-state index contributed by atoms with van der Waals surface area (Å²) < 4.78 is 0. The molecule has 1 aliphatic heterocycles. The topological polar surface area (TPSA) is 53.1 Å². The third-order valence-electron chi connectivity index (χ3n) is 4.94. The highest BCUT2D eigenvalue weighted by Crippen LogP contribution is 2.25. The summed E-state index contributed by atoms with van der Waals surface area (Å²) in [6, 6.07) is 2.77. The third kappa shape index (κ3) is 4.70. The molecular weight excluding hydrogens is 342 g/mol. The van der Waals surface area contributed by atoms with E-state index in [2.05, 4.69) is 32.4 Å². The number of nitrogens with one attached hydrogen (secondary N) is 2. The van der Waals surface area contributed by atoms with Gasteiger partial charge in [0.1, 0.15) is 11.0 Å². The van der Waals surface area contributed by atoms with Gasteiger partial charge in [-0.2, -0.15) is 4.98 Å². The number of nitrogens with zero attached hydrogens (tertiary/aromatic N) is 3. The van der Waals surface area contributed by atoms with E-state index >= 15 is 0 Å². The van der Waals surface area contributed by atoms with Gasteiger partial charge in [0.15, 0.2) is 5.11 Å². The van der Waals surface area contributed by atoms with Gasteiger partial charge in [-0.25, -0.2) is 4.98 Å². The summed E-state index contributed by atoms with van der Waals surface area (Å²) in [6.07, 6.45) is 9.87. The van der Waals surface area contributed by atoms with E-state index in [-0.39, 0.29) is 0 Å². The van der Waals surface area contributed by atoms with Crippen molar-refractivity contribution in [2.24, 2.45) is 0 Å². The van der Waals surface area contributed by atoms with Crippen molar-refractivity contribution in [3.8, 4) is 0 Å². The van der Waals surface area contributed by atoms with Crippen LogP contribution in [0, 0.1) is 0 Å². The maximum Gasteiger partial charge on any atom is 0.232 e. The Balaban J connectivity index is 1.65. The van der Waals surface area contributed by atoms with Crippen molar-refractivity contribution < 1.29 is 0 Å². The van der Waals surface area contributed by atoms with E-state index in [1.54, 1.807) is 0 Å². The highest BCUT2D eigenvalue weighted by molar-refractivity contribution is 7.80. The summed E-state index contributed by atoms with van der Waals surface area (Å²) in [5.41, 5.74) is 0. The molecule has 1 aromatic heterocycles. The molecule has 1 saturated carbocycles. The van der Waals surface area contributed by atoms with Crippen LogP contribution in [0.4, 0.5) is 11.8 Å². The van der Waals surface area contributed by atoms with E-state index in [1.165, 1.54) is 51.4 Å². The molecule has 0 amide bonds. The number of rotatable bonds is 3. The van der Waals surface area contributed by atoms with Crippen LogP contribution in [0.3, 0.4) is 0 Å². The molecule has 1 atom stereocenters. The number of piperidine rings is 1. The fraction of sp³-hybridized carbons (Fsp3) is 0.706. The smallest absolute Gasteiger partial charge is 0.232 e. The molecular formula is C17H26ClN5S. The fourth-order valence-electron chi connectivity index (χ4n) is 3.62. The van der Waals surface area contributed by atoms with Gasteiger partial charge in [-0.05, 0) is 51.2 Å². The predicted octanol–water partition coefficient (Wildman–Crippen LogP) is 4.13. The summed E-state index contributed by atoms with van der Waals surface area (Å²) in [4.78, 5) is 11.2. The van der Waals surface area contributed by atoms with Gasteiger partial charge in [0.05, 0.1) is 0 Å². The van der Waals surface area contributed by atoms with Crippen molar-refractivity contribution in [2.45, 2.75) is 70.4 Å². The Labute approximate surface area is 154 Å². The van der Waals surface area contributed by atoms with Crippen molar-refractivity contribution in [2.75, 3.05) is 16.8 Å². The number of aromatic nitrogens is 2. The van der Waals surface area contributed by atoms with Gasteiger partial charge in [0.25, 0.3) is 0 Å². The van der Waals surface area contributed by atoms with Crippen molar-refractivity contribution in [3.63, 3.8) is 0 Å². The lowest BCUT2D eigenvalue weighted by atomic mass is 9.96. The number of hydrogen-bond donors (Lipinski definition) is 2. The molecule has 1 aliphatic carbocycles. The predicted molar refractivity (Wildman–Crippen MR) is 104 cm³/mol. The van der Waals surface area contributed by atoms with E-state index in [0.29, 0.717) is 28.3 Å². The van der Waals surface area contributed by atoms with Gasteiger partial charge in [-0.3, -0.25) is 0 Å². The third-order valence-corrected chi connectivity index (χ3v) is 5.36. The molecule has 24 heavy (non-hydrogen) atoms. The molecule has 2 N–H and O–H groups in total. The van der Waals surface area contributed by atoms with E-state index in [4.69, 9.17) is 23.8 Å². The summed E-state index contributed by atoms with van der Waals surface area (Å²) in [5.74, 6) is 1.36. The fourth-order valence-corrected chi connectivity index (χ4v) is 4.05. The van der Waals surface area contributed by atoms with Gasteiger partial charge < -0.3 is 15.5 Å². The Morgan fingerprint density at radius 1 is 1.17 bits per heavy atom. The Hall–Kier alpha value is -1.14. The molecule has 5 nitrogen and oxygen atoms in total. The van der Waals surface area contributed by atoms with Crippen LogP contribution in [-0.2, 0) is 0 Å². The van der Waals surface area contributed by atoms with E-state index < -0.39 is 0 Å². The minimum Gasteiger partial charge on any atom is -0.360 e. The Morgan fingerprint density at radius 3 is 2.67 bits per heavy atom. The Morgan fingerprint density at radius 2 is 1.92 bits per heavy atom. The summed E-state index contributed by atoms with van der Waals surface area (Å²) in [6.45, 7) is 3.25. The lowest BCUT2D eigenvalue weighted by Gasteiger charge is -2.34. The average molecular weight is 368 g/mol. The van der Waals surface area contributed by atoms with Crippen LogP contribution in [-0.4, -0.2) is 33.7 Å². The molecule has 2 aliphatic rings. The van der Waals surface area contributed by atoms with Crippen LogP contribution in [0.2, 0.25) is 5.15 Å². The highest BCUT2D eigenvalue weighted by Gasteiger charge is 2.21. The van der Waals surface area contributed by atoms with Gasteiger partial charge in [0.2, 0.25) is 5.95 Å². The zero-order valence-corrected chi connectivity index (χ0v) is 15.8. The van der Waals surface area contributed by atoms with Crippen molar-refractivity contribution in [1.29, 1.82) is 0 Å². The number of thiocarbonyl (C=S) groups is 1. The first-order valence-electron chi connectivity index (χ1n) is 9.00. The van der Waals surface area contributed by atoms with Crippen LogP contribution < -0.4 is 15.5 Å². The summed E-state index contributed by atoms with van der Waals surface area (Å²) in [7, 11) is 0. The van der Waals surface area contributed by atoms with Crippen LogP contribution >= 0.6 is 23.8 Å². The molecule has 0 radical (unpaired) electrons. The normalized spacial score (nSPS) is 22.2. The minimum atomic E-state index is 0.445. The number of anilines is 2. The summed E-state index contributed by atoms with van der Waals surface area (Å²) >= 11 is 11.6. The van der Waals surface area contributed by atoms with Crippen LogP contribution in [0.15, 0.2) is 6.07 Å². The first kappa shape index (κ1) is 17.7. The second-order valence-corrected chi connectivity index (χ2v) is 7.64. The molecule has 0 spiro atoms. The molecule has 1 aromatic rings. The molecule has 2 fully saturated rings. The first-order chi connectivity index (χ1) is 11.6. The second-order valence-electron chi connectivity index (χ2n) is 6.84. The SMILES string of the molecule is CC1CCCCN1c1cc(Cl)nc(NC(=S)NC2CCCCC2)n1. The van der Waals surface area contributed by atoms with Crippen molar-refractivity contribution in [1.82, 2.24) is 15.3 Å². The van der Waals surface area contributed by atoms with Crippen molar-refractivity contribution >= 4 is 40.7 Å². The highest BCUT2D eigenvalue weighted by atomic mass is 35.5. The Kier molecular flexibility index (Phi) is 6.11. The van der Waals surface area contributed by atoms with Gasteiger partial charge >= 0.3 is 0 Å². The molecule has 2 heterocycles. The monoisotopic (exact) mass is 367 g/mol. The molecule has 0 aromatic carbocycles. The maximum absolute atomic E-state index is 6.21. The number of halogens is 1. The van der Waals surface area contributed by atoms with E-state index in [1.807, 2.05) is 6.07 Å². The molecule has 0 bridgehead atoms. The first-order valence-corrected chi connectivity index (χ1v) is 9.79. The molecule has 1 saturated heterocycles. The van der Waals surface area contributed by atoms with E-state index in [0.717, 1.165) is 12.4 Å². The lowest BCUT2D eigenvalue weighted by molar-refractivity contribution is 0.414. The number of hydrogen-bond acceptors (Lipinski definition) is 4. The van der Waals surface area contributed by atoms with Gasteiger partial charge in [-0.15, -0.1) is 0 Å². The minimum absolute atomic E-state index is 0.445. The van der Waals surface area contributed by atoms with Crippen LogP contribution in [0.25, 0.3) is 0 Å². The second kappa shape index (κ2) is 8.30. The van der Waals surface area contributed by atoms with E-state index in [9.17, 15) is 0 Å². The van der Waals surface area contributed by atoms with Crippen LogP contribution in [0.1, 0.15) is 58.3 Å². The van der Waals surface area contributed by atoms with Gasteiger partial charge in [-0.1, -0.05) is 30.9 Å². The lowest BCUT2D eigenvalue weighted by Crippen LogP contribution is -2.40. The van der Waals surface area contributed by atoms with Gasteiger partial charge in [0, 0.05) is 24.7 Å². The summed E-state index contributed by atoms with van der Waals surface area (Å²) in [5, 5.41) is 7.52. The standard InChI is InChI=1S/C17H26ClN5S/c1-12-7-5-6-10-23(12)15-11-14(18)20-16(21-15)22-17(24)19-13-8-3-2-4-9-13/h11-13H,2-10H2,1H3,(H2,19,20,21,22,24). The largest absolute Gasteiger partial charge is 0.360 e. The van der Waals surface area contributed by atoms with Crippen LogP contribution in [0.5, 0.6) is 0 Å². The quantitative estimate of drug-likeness (QED) is 0.619. The molecule has 132 valence electrons. The average Bonchev–Trinajstić information content (AvgIpc) is 2.55. The molecule has 1 unspecified atom stereocenters. The zero-order chi connectivity index (χ0) is 16.9. The zero-order valence-electron chi connectivity index (χ0n) is 14.2. The molecule has 3 rings (SSSR count). The van der Waals surface area contributed by atoms with Crippen molar-refractivity contribution in [3.05, 3.63) is 11.2 Å². The maximum atomic E-state index is 6.21. The Bertz CT molecular complexity index is 576. The molecule has 7 heteroatoms.